The normalized spacial score (nSPS) is 22.1. The molecule has 1 N–H and O–H groups in total. The first-order valence-electron chi connectivity index (χ1n) is 10.9. The zero-order valence-corrected chi connectivity index (χ0v) is 17.4. The Hall–Kier alpha value is -2.74. The Morgan fingerprint density at radius 1 is 1.10 bits per heavy atom. The molecular weight excluding hydrogens is 380 g/mol. The van der Waals surface area contributed by atoms with E-state index in [4.69, 9.17) is 4.98 Å². The largest absolute Gasteiger partial charge is 0.393 e. The minimum Gasteiger partial charge on any atom is -0.393 e. The minimum absolute atomic E-state index is 0.129. The summed E-state index contributed by atoms with van der Waals surface area (Å²) in [4.78, 5) is 32.8. The van der Waals surface area contributed by atoms with Crippen LogP contribution in [0.5, 0.6) is 0 Å². The summed E-state index contributed by atoms with van der Waals surface area (Å²) in [6, 6.07) is 4.36. The van der Waals surface area contributed by atoms with Gasteiger partial charge in [0.05, 0.1) is 30.6 Å². The molecule has 1 atom stereocenters. The molecule has 0 spiro atoms. The molecule has 3 aliphatic rings. The fraction of sp³-hybridized carbons (Fsp3) is 0.545. The fourth-order valence-corrected chi connectivity index (χ4v) is 4.73. The zero-order chi connectivity index (χ0) is 20.7. The highest BCUT2D eigenvalue weighted by atomic mass is 16.3. The molecule has 30 heavy (non-hydrogen) atoms. The van der Waals surface area contributed by atoms with E-state index in [0.29, 0.717) is 12.8 Å². The molecule has 2 fully saturated rings. The van der Waals surface area contributed by atoms with Gasteiger partial charge in [0.2, 0.25) is 5.91 Å². The molecule has 2 aromatic heterocycles. The second kappa shape index (κ2) is 7.83. The van der Waals surface area contributed by atoms with Crippen LogP contribution < -0.4 is 14.7 Å². The van der Waals surface area contributed by atoms with E-state index in [-0.39, 0.29) is 18.1 Å². The number of carbonyl (C=O) groups excluding carboxylic acids is 1. The molecule has 2 aromatic rings. The van der Waals surface area contributed by atoms with E-state index in [0.717, 1.165) is 74.0 Å². The highest BCUT2D eigenvalue weighted by Crippen LogP contribution is 2.36. The van der Waals surface area contributed by atoms with Crippen LogP contribution in [0.25, 0.3) is 0 Å². The topological polar surface area (TPSA) is 85.7 Å². The molecule has 8 nitrogen and oxygen atoms in total. The number of piperidine rings is 1. The lowest BCUT2D eigenvalue weighted by molar-refractivity contribution is -0.118. The van der Waals surface area contributed by atoms with Gasteiger partial charge in [-0.3, -0.25) is 9.78 Å². The number of carbonyl (C=O) groups is 1. The lowest BCUT2D eigenvalue weighted by Gasteiger charge is -2.31. The molecule has 2 saturated heterocycles. The number of fused-ring (bicyclic) bond motifs is 3. The Kier molecular flexibility index (Phi) is 5.02. The summed E-state index contributed by atoms with van der Waals surface area (Å²) in [7, 11) is 1.81. The molecule has 8 heteroatoms. The van der Waals surface area contributed by atoms with Crippen molar-refractivity contribution in [2.24, 2.45) is 0 Å². The van der Waals surface area contributed by atoms with Gasteiger partial charge < -0.3 is 19.8 Å². The summed E-state index contributed by atoms with van der Waals surface area (Å²) in [6.45, 7) is 2.66. The third kappa shape index (κ3) is 3.60. The van der Waals surface area contributed by atoms with Crippen molar-refractivity contribution < 1.29 is 9.90 Å². The molecule has 0 aliphatic carbocycles. The smallest absolute Gasteiger partial charge is 0.228 e. The van der Waals surface area contributed by atoms with Gasteiger partial charge in [-0.2, -0.15) is 0 Å². The third-order valence-corrected chi connectivity index (χ3v) is 6.57. The highest BCUT2D eigenvalue weighted by molar-refractivity contribution is 5.97. The molecule has 0 bridgehead atoms. The number of hydrogen-bond donors (Lipinski definition) is 1. The predicted octanol–water partition coefficient (Wildman–Crippen LogP) is 1.76. The molecule has 0 radical (unpaired) electrons. The van der Waals surface area contributed by atoms with Gasteiger partial charge in [0.1, 0.15) is 11.5 Å². The summed E-state index contributed by atoms with van der Waals surface area (Å²) in [5.74, 6) is 1.73. The number of aromatic nitrogens is 3. The maximum atomic E-state index is 12.5. The molecule has 1 amide bonds. The van der Waals surface area contributed by atoms with E-state index in [1.54, 1.807) is 11.1 Å². The summed E-state index contributed by atoms with van der Waals surface area (Å²) in [5.41, 5.74) is 2.81. The Morgan fingerprint density at radius 2 is 1.93 bits per heavy atom. The van der Waals surface area contributed by atoms with Crippen molar-refractivity contribution in [1.29, 1.82) is 0 Å². The van der Waals surface area contributed by atoms with Gasteiger partial charge in [-0.05, 0) is 37.8 Å². The van der Waals surface area contributed by atoms with Crippen molar-refractivity contribution in [1.82, 2.24) is 15.0 Å². The van der Waals surface area contributed by atoms with Crippen molar-refractivity contribution in [3.8, 4) is 0 Å². The second-order valence-electron chi connectivity index (χ2n) is 8.54. The molecule has 0 aromatic carbocycles. The average molecular weight is 409 g/mol. The minimum atomic E-state index is -0.177. The van der Waals surface area contributed by atoms with Gasteiger partial charge in [-0.1, -0.05) is 0 Å². The Balaban J connectivity index is 1.35. The maximum Gasteiger partial charge on any atom is 0.228 e. The van der Waals surface area contributed by atoms with Gasteiger partial charge in [0.15, 0.2) is 5.82 Å². The zero-order valence-electron chi connectivity index (χ0n) is 17.4. The van der Waals surface area contributed by atoms with Crippen LogP contribution in [0.3, 0.4) is 0 Å². The molecule has 5 heterocycles. The van der Waals surface area contributed by atoms with E-state index in [2.05, 4.69) is 25.8 Å². The van der Waals surface area contributed by atoms with E-state index in [1.807, 2.05) is 19.3 Å². The van der Waals surface area contributed by atoms with Gasteiger partial charge in [0.25, 0.3) is 0 Å². The molecular formula is C22H28N6O2. The standard InChI is InChI=1S/C22H28N6O2/c1-26-19-14-24-20(25-22(19)28-8-2-3-16(28)12-21(26)30)11-15-4-5-17(13-23-15)27-9-6-18(29)7-10-27/h4-5,13-14,16,18,29H,2-3,6-12H2,1H3/t16-/m0/s1. The van der Waals surface area contributed by atoms with Crippen molar-refractivity contribution in [2.75, 3.05) is 41.4 Å². The number of pyridine rings is 1. The Bertz CT molecular complexity index is 926. The van der Waals surface area contributed by atoms with Crippen molar-refractivity contribution in [3.05, 3.63) is 36.0 Å². The molecule has 0 saturated carbocycles. The van der Waals surface area contributed by atoms with E-state index >= 15 is 0 Å². The fourth-order valence-electron chi connectivity index (χ4n) is 4.73. The highest BCUT2D eigenvalue weighted by Gasteiger charge is 2.35. The lowest BCUT2D eigenvalue weighted by Crippen LogP contribution is -2.35. The van der Waals surface area contributed by atoms with Crippen LogP contribution in [0.15, 0.2) is 24.5 Å². The Labute approximate surface area is 176 Å². The number of rotatable bonds is 3. The van der Waals surface area contributed by atoms with Crippen LogP contribution in [0.4, 0.5) is 17.2 Å². The number of anilines is 3. The van der Waals surface area contributed by atoms with Gasteiger partial charge in [-0.15, -0.1) is 0 Å². The SMILES string of the molecule is CN1C(=O)C[C@@H]2CCCN2c2nc(Cc3ccc(N4CCC(O)CC4)cn3)ncc21. The maximum absolute atomic E-state index is 12.5. The van der Waals surface area contributed by atoms with Crippen LogP contribution in [0.2, 0.25) is 0 Å². The number of aliphatic hydroxyl groups excluding tert-OH is 1. The number of nitrogens with zero attached hydrogens (tertiary/aromatic N) is 6. The first-order chi connectivity index (χ1) is 14.6. The van der Waals surface area contributed by atoms with Crippen LogP contribution >= 0.6 is 0 Å². The summed E-state index contributed by atoms with van der Waals surface area (Å²) < 4.78 is 0. The number of hydrogen-bond acceptors (Lipinski definition) is 7. The van der Waals surface area contributed by atoms with Crippen molar-refractivity contribution in [3.63, 3.8) is 0 Å². The van der Waals surface area contributed by atoms with E-state index in [9.17, 15) is 9.90 Å². The van der Waals surface area contributed by atoms with Crippen LogP contribution in [-0.2, 0) is 11.2 Å². The average Bonchev–Trinajstić information content (AvgIpc) is 3.19. The van der Waals surface area contributed by atoms with E-state index in [1.165, 1.54) is 0 Å². The summed E-state index contributed by atoms with van der Waals surface area (Å²) in [6.07, 6.45) is 8.34. The molecule has 3 aliphatic heterocycles. The lowest BCUT2D eigenvalue weighted by atomic mass is 10.1. The van der Waals surface area contributed by atoms with Crippen LogP contribution in [0.1, 0.15) is 43.6 Å². The van der Waals surface area contributed by atoms with Gasteiger partial charge >= 0.3 is 0 Å². The Morgan fingerprint density at radius 3 is 2.70 bits per heavy atom. The van der Waals surface area contributed by atoms with Gasteiger partial charge in [-0.25, -0.2) is 9.97 Å². The van der Waals surface area contributed by atoms with Crippen molar-refractivity contribution >= 4 is 23.1 Å². The molecule has 0 unspecified atom stereocenters. The third-order valence-electron chi connectivity index (χ3n) is 6.57. The van der Waals surface area contributed by atoms with Crippen LogP contribution in [-0.4, -0.2) is 64.8 Å². The van der Waals surface area contributed by atoms with Crippen molar-refractivity contribution in [2.45, 2.75) is 50.7 Å². The van der Waals surface area contributed by atoms with Crippen LogP contribution in [0, 0.1) is 0 Å². The van der Waals surface area contributed by atoms with E-state index < -0.39 is 0 Å². The quantitative estimate of drug-likeness (QED) is 0.828. The number of amides is 1. The summed E-state index contributed by atoms with van der Waals surface area (Å²) >= 11 is 0. The number of aliphatic hydroxyl groups is 1. The molecule has 158 valence electrons. The summed E-state index contributed by atoms with van der Waals surface area (Å²) in [5, 5.41) is 9.69. The first-order valence-corrected chi connectivity index (χ1v) is 10.9. The first kappa shape index (κ1) is 19.2. The second-order valence-corrected chi connectivity index (χ2v) is 8.54. The molecule has 5 rings (SSSR count). The van der Waals surface area contributed by atoms with Gasteiger partial charge in [0, 0.05) is 44.8 Å². The predicted molar refractivity (Wildman–Crippen MR) is 115 cm³/mol. The monoisotopic (exact) mass is 408 g/mol.